The number of aliphatic hydroxyl groups excluding tert-OH is 4. The molecule has 61 heavy (non-hydrogen) atoms. The molecule has 1 heterocycles. The zero-order valence-corrected chi connectivity index (χ0v) is 39.7. The van der Waals surface area contributed by atoms with Gasteiger partial charge in [-0.05, 0) is 38.5 Å². The molecule has 9 heteroatoms. The van der Waals surface area contributed by atoms with Crippen molar-refractivity contribution in [3.8, 4) is 0 Å². The van der Waals surface area contributed by atoms with E-state index in [9.17, 15) is 25.2 Å². The quantitative estimate of drug-likeness (QED) is 0.0268. The number of aliphatic hydroxyl groups is 4. The Bertz CT molecular complexity index is 988. The van der Waals surface area contributed by atoms with Gasteiger partial charge in [0.25, 0.3) is 0 Å². The largest absolute Gasteiger partial charge is 0.457 e. The Balaban J connectivity index is 2.15. The van der Waals surface area contributed by atoms with Gasteiger partial charge in [0.2, 0.25) is 0 Å². The van der Waals surface area contributed by atoms with E-state index in [0.29, 0.717) is 13.0 Å². The highest BCUT2D eigenvalue weighted by molar-refractivity contribution is 5.69. The second-order valence-corrected chi connectivity index (χ2v) is 18.0. The number of carbonyl (C=O) groups is 1. The summed E-state index contributed by atoms with van der Waals surface area (Å²) < 4.78 is 22.9. The van der Waals surface area contributed by atoms with Gasteiger partial charge in [-0.2, -0.15) is 0 Å². The van der Waals surface area contributed by atoms with Crippen molar-refractivity contribution >= 4 is 5.97 Å². The maximum absolute atomic E-state index is 12.8. The van der Waals surface area contributed by atoms with Gasteiger partial charge in [-0.25, -0.2) is 0 Å². The molecule has 6 unspecified atom stereocenters. The monoisotopic (exact) mass is 867 g/mol. The van der Waals surface area contributed by atoms with Crippen molar-refractivity contribution in [3.63, 3.8) is 0 Å². The minimum atomic E-state index is -1.54. The average Bonchev–Trinajstić information content (AvgIpc) is 3.26. The van der Waals surface area contributed by atoms with Gasteiger partial charge in [0.05, 0.1) is 19.8 Å². The van der Waals surface area contributed by atoms with E-state index in [1.807, 2.05) is 0 Å². The van der Waals surface area contributed by atoms with Crippen molar-refractivity contribution in [2.24, 2.45) is 0 Å². The van der Waals surface area contributed by atoms with E-state index < -0.39 is 43.4 Å². The summed E-state index contributed by atoms with van der Waals surface area (Å²) in [5.41, 5.74) is 0. The van der Waals surface area contributed by atoms with Crippen molar-refractivity contribution in [2.75, 3.05) is 26.4 Å². The van der Waals surface area contributed by atoms with Crippen LogP contribution in [0.3, 0.4) is 0 Å². The molecule has 1 aliphatic rings. The fraction of sp³-hybridized carbons (Fsp3) is 0.904. The molecule has 6 atom stereocenters. The highest BCUT2D eigenvalue weighted by atomic mass is 16.7. The third-order valence-corrected chi connectivity index (χ3v) is 12.1. The lowest BCUT2D eigenvalue weighted by Crippen LogP contribution is -2.59. The minimum Gasteiger partial charge on any atom is -0.457 e. The Morgan fingerprint density at radius 3 is 1.46 bits per heavy atom. The molecule has 1 fully saturated rings. The Labute approximate surface area is 375 Å². The predicted molar refractivity (Wildman–Crippen MR) is 252 cm³/mol. The van der Waals surface area contributed by atoms with Crippen LogP contribution >= 0.6 is 0 Å². The normalized spacial score (nSPS) is 20.0. The summed E-state index contributed by atoms with van der Waals surface area (Å²) in [6.07, 6.45) is 45.1. The predicted octanol–water partition coefficient (Wildman–Crippen LogP) is 12.5. The third-order valence-electron chi connectivity index (χ3n) is 12.1. The summed E-state index contributed by atoms with van der Waals surface area (Å²) in [7, 11) is 0. The first-order valence-electron chi connectivity index (χ1n) is 25.9. The number of hydrogen-bond acceptors (Lipinski definition) is 9. The van der Waals surface area contributed by atoms with Crippen LogP contribution in [-0.2, 0) is 23.7 Å². The molecule has 1 aliphatic heterocycles. The summed E-state index contributed by atoms with van der Waals surface area (Å²) in [6.45, 7) is 4.54. The van der Waals surface area contributed by atoms with E-state index in [0.717, 1.165) is 57.8 Å². The van der Waals surface area contributed by atoms with Crippen molar-refractivity contribution in [2.45, 2.75) is 275 Å². The molecule has 0 aromatic rings. The van der Waals surface area contributed by atoms with Crippen molar-refractivity contribution in [1.29, 1.82) is 0 Å². The Morgan fingerprint density at radius 1 is 0.525 bits per heavy atom. The van der Waals surface area contributed by atoms with E-state index in [4.69, 9.17) is 18.9 Å². The number of unbranched alkanes of at least 4 members (excludes halogenated alkanes) is 30. The molecular formula is C52H98O9. The second-order valence-electron chi connectivity index (χ2n) is 18.0. The van der Waals surface area contributed by atoms with Gasteiger partial charge in [0, 0.05) is 13.0 Å². The van der Waals surface area contributed by atoms with Crippen LogP contribution in [-0.4, -0.2) is 89.6 Å². The number of esters is 1. The third kappa shape index (κ3) is 34.7. The van der Waals surface area contributed by atoms with E-state index in [1.54, 1.807) is 0 Å². The Kier molecular flexibility index (Phi) is 41.5. The van der Waals surface area contributed by atoms with Crippen LogP contribution in [0.5, 0.6) is 0 Å². The maximum atomic E-state index is 12.8. The topological polar surface area (TPSA) is 135 Å². The fourth-order valence-electron chi connectivity index (χ4n) is 8.04. The van der Waals surface area contributed by atoms with Gasteiger partial charge in [0.15, 0.2) is 6.29 Å². The molecular weight excluding hydrogens is 769 g/mol. The Hall–Kier alpha value is -1.33. The molecule has 360 valence electrons. The van der Waals surface area contributed by atoms with Crippen LogP contribution in [0.2, 0.25) is 0 Å². The standard InChI is InChI=1S/C52H98O9/c1-3-5-7-9-11-13-15-17-19-20-21-22-23-24-25-26-27-28-30-32-34-36-38-40-42-58-44-46(45-59-52-51(57)50(56)49(55)47(43-53)61-52)60-48(54)41-39-37-35-33-31-29-18-16-14-12-10-8-6-4-2/h10,12,16,18,46-47,49-53,55-57H,3-9,11,13-15,17,19-45H2,1-2H3/b12-10-,18-16-. The first-order chi connectivity index (χ1) is 29.9. The van der Waals surface area contributed by atoms with Gasteiger partial charge in [-0.15, -0.1) is 0 Å². The number of rotatable bonds is 45. The molecule has 0 aliphatic carbocycles. The van der Waals surface area contributed by atoms with Gasteiger partial charge < -0.3 is 39.4 Å². The zero-order valence-electron chi connectivity index (χ0n) is 39.7. The molecule has 1 rings (SSSR count). The lowest BCUT2D eigenvalue weighted by molar-refractivity contribution is -0.305. The highest BCUT2D eigenvalue weighted by Crippen LogP contribution is 2.23. The molecule has 0 radical (unpaired) electrons. The SMILES string of the molecule is CCCC/C=C\C/C=C\CCCCCCCC(=O)OC(COCCCCCCCCCCCCCCCCCCCCCCCCCC)COC1OC(CO)C(O)C(O)C1O. The van der Waals surface area contributed by atoms with Crippen LogP contribution in [0.25, 0.3) is 0 Å². The molecule has 4 N–H and O–H groups in total. The van der Waals surface area contributed by atoms with E-state index in [2.05, 4.69) is 38.2 Å². The van der Waals surface area contributed by atoms with E-state index in [-0.39, 0.29) is 19.2 Å². The molecule has 0 bridgehead atoms. The smallest absolute Gasteiger partial charge is 0.306 e. The average molecular weight is 867 g/mol. The first-order valence-corrected chi connectivity index (χ1v) is 25.9. The van der Waals surface area contributed by atoms with Crippen molar-refractivity contribution in [3.05, 3.63) is 24.3 Å². The van der Waals surface area contributed by atoms with Gasteiger partial charge in [-0.3, -0.25) is 4.79 Å². The molecule has 0 amide bonds. The lowest BCUT2D eigenvalue weighted by atomic mass is 9.99. The molecule has 9 nitrogen and oxygen atoms in total. The van der Waals surface area contributed by atoms with Gasteiger partial charge in [-0.1, -0.05) is 218 Å². The summed E-state index contributed by atoms with van der Waals surface area (Å²) in [4.78, 5) is 12.8. The summed E-state index contributed by atoms with van der Waals surface area (Å²) >= 11 is 0. The maximum Gasteiger partial charge on any atom is 0.306 e. The summed E-state index contributed by atoms with van der Waals surface area (Å²) in [5.74, 6) is -0.323. The number of carbonyl (C=O) groups excluding carboxylic acids is 1. The van der Waals surface area contributed by atoms with E-state index in [1.165, 1.54) is 161 Å². The molecule has 0 spiro atoms. The van der Waals surface area contributed by atoms with Gasteiger partial charge >= 0.3 is 5.97 Å². The zero-order chi connectivity index (χ0) is 44.3. The molecule has 0 saturated carbocycles. The van der Waals surface area contributed by atoms with Crippen LogP contribution in [0.4, 0.5) is 0 Å². The van der Waals surface area contributed by atoms with E-state index >= 15 is 0 Å². The molecule has 0 aromatic heterocycles. The van der Waals surface area contributed by atoms with Gasteiger partial charge in [0.1, 0.15) is 30.5 Å². The first kappa shape index (κ1) is 57.7. The summed E-state index contributed by atoms with van der Waals surface area (Å²) in [5, 5.41) is 40.2. The lowest BCUT2D eigenvalue weighted by Gasteiger charge is -2.39. The van der Waals surface area contributed by atoms with Crippen LogP contribution in [0.1, 0.15) is 239 Å². The van der Waals surface area contributed by atoms with Crippen LogP contribution in [0.15, 0.2) is 24.3 Å². The molecule has 0 aromatic carbocycles. The minimum absolute atomic E-state index is 0.115. The van der Waals surface area contributed by atoms with Crippen molar-refractivity contribution in [1.82, 2.24) is 0 Å². The molecule has 1 saturated heterocycles. The number of hydrogen-bond donors (Lipinski definition) is 4. The second kappa shape index (κ2) is 43.9. The highest BCUT2D eigenvalue weighted by Gasteiger charge is 2.44. The van der Waals surface area contributed by atoms with Crippen LogP contribution in [0, 0.1) is 0 Å². The fourth-order valence-corrected chi connectivity index (χ4v) is 8.04. The van der Waals surface area contributed by atoms with Crippen LogP contribution < -0.4 is 0 Å². The summed E-state index contributed by atoms with van der Waals surface area (Å²) in [6, 6.07) is 0. The Morgan fingerprint density at radius 2 is 0.967 bits per heavy atom. The van der Waals surface area contributed by atoms with Crippen molar-refractivity contribution < 1.29 is 44.2 Å². The number of allylic oxidation sites excluding steroid dienone is 4. The number of ether oxygens (including phenoxy) is 4.